The number of halogens is 1. The van der Waals surface area contributed by atoms with Crippen molar-refractivity contribution in [1.29, 1.82) is 0 Å². The summed E-state index contributed by atoms with van der Waals surface area (Å²) in [4.78, 5) is 4.20. The second-order valence-electron chi connectivity index (χ2n) is 3.29. The lowest BCUT2D eigenvalue weighted by Gasteiger charge is -2.07. The van der Waals surface area contributed by atoms with E-state index in [9.17, 15) is 8.42 Å². The molecular formula is C9H13BrN2O3S. The van der Waals surface area contributed by atoms with Crippen molar-refractivity contribution in [2.24, 2.45) is 5.14 Å². The third-order valence-electron chi connectivity index (χ3n) is 1.90. The molecule has 1 aromatic rings. The number of methoxy groups -OCH3 is 1. The molecule has 0 spiro atoms. The zero-order valence-corrected chi connectivity index (χ0v) is 11.2. The van der Waals surface area contributed by atoms with E-state index in [0.717, 1.165) is 5.69 Å². The molecule has 0 aromatic carbocycles. The first-order chi connectivity index (χ1) is 7.43. The van der Waals surface area contributed by atoms with E-state index in [1.54, 1.807) is 13.2 Å². The number of nitrogens with zero attached hydrogens (tertiary/aromatic N) is 1. The van der Waals surface area contributed by atoms with Crippen LogP contribution in [0, 0.1) is 0 Å². The van der Waals surface area contributed by atoms with Crippen molar-refractivity contribution in [3.05, 3.63) is 24.0 Å². The van der Waals surface area contributed by atoms with E-state index in [1.165, 1.54) is 12.3 Å². The number of sulfonamides is 1. The summed E-state index contributed by atoms with van der Waals surface area (Å²) in [6, 6.07) is 3.09. The molecule has 1 rings (SSSR count). The Labute approximate surface area is 103 Å². The van der Waals surface area contributed by atoms with E-state index in [-0.39, 0.29) is 9.72 Å². The molecule has 0 aliphatic rings. The molecule has 1 unspecified atom stereocenters. The van der Waals surface area contributed by atoms with Crippen molar-refractivity contribution in [3.63, 3.8) is 0 Å². The second-order valence-corrected chi connectivity index (χ2v) is 6.14. The highest BCUT2D eigenvalue weighted by atomic mass is 79.9. The molecule has 0 saturated carbocycles. The van der Waals surface area contributed by atoms with Gasteiger partial charge in [0.15, 0.2) is 0 Å². The lowest BCUT2D eigenvalue weighted by molar-refractivity contribution is 0.200. The van der Waals surface area contributed by atoms with Gasteiger partial charge in [-0.15, -0.1) is 0 Å². The number of rotatable bonds is 5. The van der Waals surface area contributed by atoms with E-state index < -0.39 is 10.0 Å². The number of aromatic nitrogens is 1. The van der Waals surface area contributed by atoms with Gasteiger partial charge in [0.2, 0.25) is 10.0 Å². The van der Waals surface area contributed by atoms with E-state index >= 15 is 0 Å². The fraction of sp³-hybridized carbons (Fsp3) is 0.444. The highest BCUT2D eigenvalue weighted by molar-refractivity contribution is 9.09. The van der Waals surface area contributed by atoms with Gasteiger partial charge in [0, 0.05) is 30.2 Å². The fourth-order valence-corrected chi connectivity index (χ4v) is 2.22. The molecule has 0 aliphatic carbocycles. The molecule has 1 atom stereocenters. The van der Waals surface area contributed by atoms with Crippen LogP contribution in [0.1, 0.15) is 5.69 Å². The van der Waals surface area contributed by atoms with E-state index in [0.29, 0.717) is 13.0 Å². The molecular weight excluding hydrogens is 296 g/mol. The number of ether oxygens (including phenoxy) is 1. The van der Waals surface area contributed by atoms with E-state index in [4.69, 9.17) is 9.88 Å². The van der Waals surface area contributed by atoms with Crippen molar-refractivity contribution in [2.75, 3.05) is 13.7 Å². The number of nitrogens with two attached hydrogens (primary N) is 1. The monoisotopic (exact) mass is 308 g/mol. The average Bonchev–Trinajstić information content (AvgIpc) is 2.17. The Balaban J connectivity index is 2.72. The van der Waals surface area contributed by atoms with Crippen LogP contribution < -0.4 is 5.14 Å². The van der Waals surface area contributed by atoms with Gasteiger partial charge < -0.3 is 4.74 Å². The summed E-state index contributed by atoms with van der Waals surface area (Å²) in [7, 11) is -2.04. The molecule has 2 N–H and O–H groups in total. The maximum absolute atomic E-state index is 11.0. The smallest absolute Gasteiger partial charge is 0.239 e. The lowest BCUT2D eigenvalue weighted by Crippen LogP contribution is -2.14. The van der Waals surface area contributed by atoms with Gasteiger partial charge in [-0.3, -0.25) is 4.98 Å². The molecule has 1 heterocycles. The summed E-state index contributed by atoms with van der Waals surface area (Å²) in [5, 5.41) is 4.96. The third-order valence-corrected chi connectivity index (χ3v) is 3.39. The van der Waals surface area contributed by atoms with Crippen LogP contribution in [0.15, 0.2) is 23.2 Å². The maximum atomic E-state index is 11.0. The fourth-order valence-electron chi connectivity index (χ4n) is 1.17. The van der Waals surface area contributed by atoms with Crippen LogP contribution in [0.2, 0.25) is 0 Å². The van der Waals surface area contributed by atoms with E-state index in [2.05, 4.69) is 20.9 Å². The molecule has 0 radical (unpaired) electrons. The predicted octanol–water partition coefficient (Wildman–Crippen LogP) is 0.681. The number of hydrogen-bond donors (Lipinski definition) is 1. The number of primary sulfonamides is 1. The van der Waals surface area contributed by atoms with Crippen LogP contribution in [-0.2, 0) is 21.2 Å². The van der Waals surface area contributed by atoms with Gasteiger partial charge in [-0.1, -0.05) is 15.9 Å². The molecule has 0 amide bonds. The maximum Gasteiger partial charge on any atom is 0.239 e. The number of hydrogen-bond acceptors (Lipinski definition) is 4. The summed E-state index contributed by atoms with van der Waals surface area (Å²) in [5.74, 6) is 0. The lowest BCUT2D eigenvalue weighted by atomic mass is 10.2. The zero-order chi connectivity index (χ0) is 12.2. The third kappa shape index (κ3) is 4.17. The van der Waals surface area contributed by atoms with Crippen molar-refractivity contribution < 1.29 is 13.2 Å². The van der Waals surface area contributed by atoms with Gasteiger partial charge in [0.1, 0.15) is 4.90 Å². The molecule has 7 heteroatoms. The molecule has 0 bridgehead atoms. The second kappa shape index (κ2) is 5.72. The molecule has 1 aromatic heterocycles. The first-order valence-corrected chi connectivity index (χ1v) is 7.00. The molecule has 5 nitrogen and oxygen atoms in total. The summed E-state index contributed by atoms with van der Waals surface area (Å²) in [6.07, 6.45) is 1.93. The van der Waals surface area contributed by atoms with Crippen molar-refractivity contribution >= 4 is 26.0 Å². The van der Waals surface area contributed by atoms with Gasteiger partial charge in [0.05, 0.1) is 6.61 Å². The molecule has 0 fully saturated rings. The van der Waals surface area contributed by atoms with Crippen molar-refractivity contribution in [1.82, 2.24) is 4.98 Å². The van der Waals surface area contributed by atoms with E-state index in [1.807, 2.05) is 0 Å². The van der Waals surface area contributed by atoms with Crippen molar-refractivity contribution in [2.45, 2.75) is 16.1 Å². The Kier molecular flexibility index (Phi) is 4.85. The highest BCUT2D eigenvalue weighted by Crippen LogP contribution is 2.10. The normalized spacial score (nSPS) is 13.7. The van der Waals surface area contributed by atoms with Gasteiger partial charge in [-0.2, -0.15) is 0 Å². The van der Waals surface area contributed by atoms with Crippen LogP contribution >= 0.6 is 15.9 Å². The Morgan fingerprint density at radius 1 is 1.56 bits per heavy atom. The Morgan fingerprint density at radius 2 is 2.25 bits per heavy atom. The van der Waals surface area contributed by atoms with Crippen LogP contribution in [0.5, 0.6) is 0 Å². The standard InChI is InChI=1S/C9H13BrN2O3S/c1-15-6-7(10)4-8-2-3-9(5-12-8)16(11,13)14/h2-3,5,7H,4,6H2,1H3,(H2,11,13,14). The van der Waals surface area contributed by atoms with Gasteiger partial charge in [-0.05, 0) is 12.1 Å². The van der Waals surface area contributed by atoms with Gasteiger partial charge >= 0.3 is 0 Å². The average molecular weight is 309 g/mol. The minimum Gasteiger partial charge on any atom is -0.384 e. The van der Waals surface area contributed by atoms with Gasteiger partial charge in [-0.25, -0.2) is 13.6 Å². The minimum absolute atomic E-state index is 0.0223. The Morgan fingerprint density at radius 3 is 2.69 bits per heavy atom. The molecule has 0 aliphatic heterocycles. The first-order valence-electron chi connectivity index (χ1n) is 4.54. The van der Waals surface area contributed by atoms with Crippen LogP contribution in [0.25, 0.3) is 0 Å². The van der Waals surface area contributed by atoms with Crippen molar-refractivity contribution in [3.8, 4) is 0 Å². The molecule has 90 valence electrons. The summed E-state index contributed by atoms with van der Waals surface area (Å²) in [5.41, 5.74) is 0.784. The van der Waals surface area contributed by atoms with Gasteiger partial charge in [0.25, 0.3) is 0 Å². The Hall–Kier alpha value is -0.500. The topological polar surface area (TPSA) is 82.3 Å². The zero-order valence-electron chi connectivity index (χ0n) is 8.76. The largest absolute Gasteiger partial charge is 0.384 e. The quantitative estimate of drug-likeness (QED) is 0.811. The summed E-state index contributed by atoms with van der Waals surface area (Å²) < 4.78 is 26.9. The predicted molar refractivity (Wildman–Crippen MR) is 63.9 cm³/mol. The number of alkyl halides is 1. The molecule has 0 saturated heterocycles. The van der Waals surface area contributed by atoms with Crippen LogP contribution in [0.4, 0.5) is 0 Å². The highest BCUT2D eigenvalue weighted by Gasteiger charge is 2.10. The SMILES string of the molecule is COCC(Br)Cc1ccc(S(N)(=O)=O)cn1. The Bertz CT molecular complexity index is 433. The summed E-state index contributed by atoms with van der Waals surface area (Å²) >= 11 is 3.42. The van der Waals surface area contributed by atoms with Crippen LogP contribution in [0.3, 0.4) is 0 Å². The first kappa shape index (κ1) is 13.6. The van der Waals surface area contributed by atoms with Crippen LogP contribution in [-0.4, -0.2) is 31.9 Å². The molecule has 16 heavy (non-hydrogen) atoms. The number of pyridine rings is 1. The minimum atomic E-state index is -3.66. The summed E-state index contributed by atoms with van der Waals surface area (Å²) in [6.45, 7) is 0.568.